The molecule has 2 nitrogen and oxygen atoms in total. The number of nitrogens with two attached hydrogens (primary N) is 1. The minimum absolute atomic E-state index is 0.198. The third-order valence-electron chi connectivity index (χ3n) is 2.52. The summed E-state index contributed by atoms with van der Waals surface area (Å²) in [4.78, 5) is 0. The Labute approximate surface area is 98.1 Å². The summed E-state index contributed by atoms with van der Waals surface area (Å²) in [6.07, 6.45) is 0. The summed E-state index contributed by atoms with van der Waals surface area (Å²) in [6, 6.07) is 8.78. The zero-order chi connectivity index (χ0) is 12.4. The number of hydrogen-bond acceptors (Lipinski definition) is 2. The molecule has 0 aliphatic rings. The maximum Gasteiger partial charge on any atom is 0.149 e. The number of nitrogen functional groups attached to an aromatic ring is 1. The van der Waals surface area contributed by atoms with E-state index in [9.17, 15) is 8.78 Å². The SMILES string of the molecule is Cc1cccc(Nc2ccc(F)cc2F)c1N. The molecule has 0 spiro atoms. The highest BCUT2D eigenvalue weighted by atomic mass is 19.1. The van der Waals surface area contributed by atoms with Crippen molar-refractivity contribution >= 4 is 17.1 Å². The zero-order valence-corrected chi connectivity index (χ0v) is 9.30. The molecule has 17 heavy (non-hydrogen) atoms. The number of para-hydroxylation sites is 1. The highest BCUT2D eigenvalue weighted by molar-refractivity contribution is 5.75. The molecule has 0 fully saturated rings. The van der Waals surface area contributed by atoms with E-state index in [1.807, 2.05) is 19.1 Å². The van der Waals surface area contributed by atoms with Gasteiger partial charge in [-0.15, -0.1) is 0 Å². The van der Waals surface area contributed by atoms with Crippen molar-refractivity contribution in [3.63, 3.8) is 0 Å². The molecule has 0 aliphatic heterocycles. The molecule has 0 amide bonds. The average Bonchev–Trinajstić information content (AvgIpc) is 2.28. The third-order valence-corrected chi connectivity index (χ3v) is 2.52. The van der Waals surface area contributed by atoms with Gasteiger partial charge in [0.25, 0.3) is 0 Å². The van der Waals surface area contributed by atoms with E-state index in [2.05, 4.69) is 5.32 Å². The topological polar surface area (TPSA) is 38.0 Å². The predicted molar refractivity (Wildman–Crippen MR) is 65.2 cm³/mol. The zero-order valence-electron chi connectivity index (χ0n) is 9.30. The predicted octanol–water partition coefficient (Wildman–Crippen LogP) is 3.60. The molecule has 0 unspecified atom stereocenters. The lowest BCUT2D eigenvalue weighted by molar-refractivity contribution is 0.586. The fourth-order valence-electron chi connectivity index (χ4n) is 1.53. The van der Waals surface area contributed by atoms with Crippen molar-refractivity contribution < 1.29 is 8.78 Å². The van der Waals surface area contributed by atoms with Crippen molar-refractivity contribution in [3.8, 4) is 0 Å². The number of benzene rings is 2. The molecule has 0 aliphatic carbocycles. The van der Waals surface area contributed by atoms with Crippen LogP contribution in [0.15, 0.2) is 36.4 Å². The standard InChI is InChI=1S/C13H12F2N2/c1-8-3-2-4-12(13(8)16)17-11-6-5-9(14)7-10(11)15/h2-7,17H,16H2,1H3. The Balaban J connectivity index is 2.35. The molecule has 0 saturated heterocycles. The van der Waals surface area contributed by atoms with E-state index < -0.39 is 11.6 Å². The molecule has 2 aromatic carbocycles. The summed E-state index contributed by atoms with van der Waals surface area (Å²) in [5.41, 5.74) is 8.11. The lowest BCUT2D eigenvalue weighted by Crippen LogP contribution is -2.00. The highest BCUT2D eigenvalue weighted by Gasteiger charge is 2.06. The Morgan fingerprint density at radius 2 is 1.82 bits per heavy atom. The van der Waals surface area contributed by atoms with Gasteiger partial charge < -0.3 is 11.1 Å². The molecule has 2 aromatic rings. The molecule has 0 bridgehead atoms. The number of rotatable bonds is 2. The smallest absolute Gasteiger partial charge is 0.149 e. The number of halogens is 2. The Morgan fingerprint density at radius 1 is 1.06 bits per heavy atom. The van der Waals surface area contributed by atoms with Crippen molar-refractivity contribution in [1.82, 2.24) is 0 Å². The Kier molecular flexibility index (Phi) is 2.95. The molecule has 0 atom stereocenters. The average molecular weight is 234 g/mol. The van der Waals surface area contributed by atoms with E-state index in [1.165, 1.54) is 12.1 Å². The van der Waals surface area contributed by atoms with Gasteiger partial charge in [0.1, 0.15) is 11.6 Å². The number of anilines is 3. The summed E-state index contributed by atoms with van der Waals surface area (Å²) >= 11 is 0. The second kappa shape index (κ2) is 4.41. The molecular weight excluding hydrogens is 222 g/mol. The number of hydrogen-bond donors (Lipinski definition) is 2. The minimum atomic E-state index is -0.647. The first kappa shape index (κ1) is 11.4. The maximum atomic E-state index is 13.4. The van der Waals surface area contributed by atoms with Crippen LogP contribution in [0.3, 0.4) is 0 Å². The lowest BCUT2D eigenvalue weighted by atomic mass is 10.1. The van der Waals surface area contributed by atoms with Crippen molar-refractivity contribution in [2.24, 2.45) is 0 Å². The van der Waals surface area contributed by atoms with E-state index in [1.54, 1.807) is 6.07 Å². The van der Waals surface area contributed by atoms with Gasteiger partial charge in [0.2, 0.25) is 0 Å². The van der Waals surface area contributed by atoms with Gasteiger partial charge in [-0.25, -0.2) is 8.78 Å². The van der Waals surface area contributed by atoms with Gasteiger partial charge in [-0.2, -0.15) is 0 Å². The van der Waals surface area contributed by atoms with Crippen LogP contribution in [0.2, 0.25) is 0 Å². The van der Waals surface area contributed by atoms with Crippen LogP contribution in [0.1, 0.15) is 5.56 Å². The molecule has 4 heteroatoms. The third kappa shape index (κ3) is 2.36. The quantitative estimate of drug-likeness (QED) is 0.779. The second-order valence-electron chi connectivity index (χ2n) is 3.79. The summed E-state index contributed by atoms with van der Waals surface area (Å²) in [6.45, 7) is 1.86. The molecule has 88 valence electrons. The van der Waals surface area contributed by atoms with Crippen LogP contribution in [-0.4, -0.2) is 0 Å². The van der Waals surface area contributed by atoms with Crippen molar-refractivity contribution in [2.75, 3.05) is 11.1 Å². The molecule has 0 saturated carbocycles. The van der Waals surface area contributed by atoms with E-state index in [4.69, 9.17) is 5.73 Å². The normalized spacial score (nSPS) is 10.3. The fraction of sp³-hybridized carbons (Fsp3) is 0.0769. The molecule has 3 N–H and O–H groups in total. The van der Waals surface area contributed by atoms with Crippen LogP contribution in [-0.2, 0) is 0 Å². The largest absolute Gasteiger partial charge is 0.397 e. The van der Waals surface area contributed by atoms with E-state index in [0.29, 0.717) is 11.4 Å². The van der Waals surface area contributed by atoms with Gasteiger partial charge in [0, 0.05) is 6.07 Å². The molecule has 0 heterocycles. The summed E-state index contributed by atoms with van der Waals surface area (Å²) < 4.78 is 26.2. The van der Waals surface area contributed by atoms with Crippen LogP contribution < -0.4 is 11.1 Å². The van der Waals surface area contributed by atoms with Gasteiger partial charge >= 0.3 is 0 Å². The molecular formula is C13H12F2N2. The van der Waals surface area contributed by atoms with Crippen LogP contribution >= 0.6 is 0 Å². The van der Waals surface area contributed by atoms with E-state index >= 15 is 0 Å². The molecule has 0 radical (unpaired) electrons. The summed E-state index contributed by atoms with van der Waals surface area (Å²) in [5.74, 6) is -1.25. The summed E-state index contributed by atoms with van der Waals surface area (Å²) in [7, 11) is 0. The Morgan fingerprint density at radius 3 is 2.53 bits per heavy atom. The first-order valence-electron chi connectivity index (χ1n) is 5.15. The van der Waals surface area contributed by atoms with Gasteiger partial charge in [0.05, 0.1) is 17.1 Å². The Hall–Kier alpha value is -2.10. The van der Waals surface area contributed by atoms with Gasteiger partial charge in [-0.05, 0) is 30.7 Å². The maximum absolute atomic E-state index is 13.4. The van der Waals surface area contributed by atoms with Crippen molar-refractivity contribution in [1.29, 1.82) is 0 Å². The van der Waals surface area contributed by atoms with E-state index in [-0.39, 0.29) is 5.69 Å². The van der Waals surface area contributed by atoms with Gasteiger partial charge in [0.15, 0.2) is 0 Å². The molecule has 2 rings (SSSR count). The fourth-order valence-corrected chi connectivity index (χ4v) is 1.53. The van der Waals surface area contributed by atoms with Crippen LogP contribution in [0.25, 0.3) is 0 Å². The van der Waals surface area contributed by atoms with Crippen LogP contribution in [0.4, 0.5) is 25.8 Å². The van der Waals surface area contributed by atoms with Crippen molar-refractivity contribution in [3.05, 3.63) is 53.6 Å². The van der Waals surface area contributed by atoms with Gasteiger partial charge in [-0.3, -0.25) is 0 Å². The first-order valence-corrected chi connectivity index (χ1v) is 5.15. The summed E-state index contributed by atoms with van der Waals surface area (Å²) in [5, 5.41) is 2.84. The van der Waals surface area contributed by atoms with Gasteiger partial charge in [-0.1, -0.05) is 12.1 Å². The number of nitrogens with one attached hydrogen (secondary N) is 1. The number of aryl methyl sites for hydroxylation is 1. The van der Waals surface area contributed by atoms with E-state index in [0.717, 1.165) is 11.6 Å². The van der Waals surface area contributed by atoms with Crippen LogP contribution in [0, 0.1) is 18.6 Å². The minimum Gasteiger partial charge on any atom is -0.397 e. The van der Waals surface area contributed by atoms with Crippen LogP contribution in [0.5, 0.6) is 0 Å². The lowest BCUT2D eigenvalue weighted by Gasteiger charge is -2.11. The van der Waals surface area contributed by atoms with Crippen molar-refractivity contribution in [2.45, 2.75) is 6.92 Å². The second-order valence-corrected chi connectivity index (χ2v) is 3.79. The highest BCUT2D eigenvalue weighted by Crippen LogP contribution is 2.27. The Bertz CT molecular complexity index is 553. The molecule has 0 aromatic heterocycles. The monoisotopic (exact) mass is 234 g/mol. The first-order chi connectivity index (χ1) is 8.08.